The molecular formula is C21H21ClN4O2. The minimum absolute atomic E-state index is 0.0413. The molecule has 144 valence electrons. The van der Waals surface area contributed by atoms with Crippen molar-refractivity contribution in [1.82, 2.24) is 15.0 Å². The van der Waals surface area contributed by atoms with Crippen LogP contribution >= 0.6 is 11.6 Å². The van der Waals surface area contributed by atoms with Gasteiger partial charge in [0.15, 0.2) is 0 Å². The number of benzene rings is 2. The summed E-state index contributed by atoms with van der Waals surface area (Å²) in [5, 5.41) is 4.69. The molecule has 0 N–H and O–H groups in total. The fraction of sp³-hybridized carbons (Fsp3) is 0.286. The van der Waals surface area contributed by atoms with Crippen molar-refractivity contribution in [3.63, 3.8) is 0 Å². The zero-order valence-corrected chi connectivity index (χ0v) is 16.4. The third-order valence-corrected chi connectivity index (χ3v) is 5.14. The summed E-state index contributed by atoms with van der Waals surface area (Å²) in [5.41, 5.74) is 2.60. The van der Waals surface area contributed by atoms with Crippen LogP contribution in [0.5, 0.6) is 0 Å². The lowest BCUT2D eigenvalue weighted by molar-refractivity contribution is 0.0747. The summed E-state index contributed by atoms with van der Waals surface area (Å²) in [7, 11) is 0. The van der Waals surface area contributed by atoms with E-state index in [-0.39, 0.29) is 5.91 Å². The monoisotopic (exact) mass is 396 g/mol. The lowest BCUT2D eigenvalue weighted by Crippen LogP contribution is -2.48. The molecular weight excluding hydrogens is 376 g/mol. The molecule has 1 fully saturated rings. The summed E-state index contributed by atoms with van der Waals surface area (Å²) in [4.78, 5) is 21.3. The van der Waals surface area contributed by atoms with E-state index in [1.807, 2.05) is 60.4 Å². The summed E-state index contributed by atoms with van der Waals surface area (Å²) < 4.78 is 5.15. The van der Waals surface area contributed by atoms with E-state index in [1.54, 1.807) is 0 Å². The van der Waals surface area contributed by atoms with Gasteiger partial charge in [0.1, 0.15) is 0 Å². The van der Waals surface area contributed by atoms with E-state index in [2.05, 4.69) is 15.0 Å². The van der Waals surface area contributed by atoms with Gasteiger partial charge in [0.2, 0.25) is 11.7 Å². The number of hydrogen-bond donors (Lipinski definition) is 0. The molecule has 0 unspecified atom stereocenters. The van der Waals surface area contributed by atoms with Crippen molar-refractivity contribution in [1.29, 1.82) is 0 Å². The SMILES string of the molecule is CCc1nc(-c2ccc(C(=O)N3CCN(c4cccc(Cl)c4)CC3)cc2)no1. The van der Waals surface area contributed by atoms with Crippen LogP contribution < -0.4 is 4.90 Å². The first kappa shape index (κ1) is 18.5. The highest BCUT2D eigenvalue weighted by atomic mass is 35.5. The molecule has 0 atom stereocenters. The summed E-state index contributed by atoms with van der Waals surface area (Å²) >= 11 is 6.08. The molecule has 1 aliphatic rings. The van der Waals surface area contributed by atoms with Gasteiger partial charge < -0.3 is 14.3 Å². The van der Waals surface area contributed by atoms with Crippen LogP contribution in [0.1, 0.15) is 23.2 Å². The number of aryl methyl sites for hydroxylation is 1. The van der Waals surface area contributed by atoms with Gasteiger partial charge in [0.05, 0.1) is 0 Å². The predicted molar refractivity (Wildman–Crippen MR) is 109 cm³/mol. The van der Waals surface area contributed by atoms with Gasteiger partial charge in [-0.15, -0.1) is 0 Å². The zero-order valence-electron chi connectivity index (χ0n) is 15.6. The fourth-order valence-corrected chi connectivity index (χ4v) is 3.49. The molecule has 2 aromatic carbocycles. The summed E-state index contributed by atoms with van der Waals surface area (Å²) in [5.74, 6) is 1.19. The van der Waals surface area contributed by atoms with Crippen molar-refractivity contribution in [2.75, 3.05) is 31.1 Å². The number of piperazine rings is 1. The van der Waals surface area contributed by atoms with Crippen LogP contribution in [-0.4, -0.2) is 47.1 Å². The Morgan fingerprint density at radius 1 is 1.11 bits per heavy atom. The van der Waals surface area contributed by atoms with Crippen molar-refractivity contribution < 1.29 is 9.32 Å². The quantitative estimate of drug-likeness (QED) is 0.669. The number of nitrogens with zero attached hydrogens (tertiary/aromatic N) is 4. The van der Waals surface area contributed by atoms with Crippen molar-refractivity contribution in [2.24, 2.45) is 0 Å². The highest BCUT2D eigenvalue weighted by Gasteiger charge is 2.22. The van der Waals surface area contributed by atoms with Crippen LogP contribution in [0.4, 0.5) is 5.69 Å². The molecule has 1 amide bonds. The Morgan fingerprint density at radius 2 is 1.86 bits per heavy atom. The number of anilines is 1. The Bertz CT molecular complexity index is 963. The van der Waals surface area contributed by atoms with Crippen LogP contribution in [-0.2, 0) is 6.42 Å². The first-order valence-corrected chi connectivity index (χ1v) is 9.74. The number of halogens is 1. The average Bonchev–Trinajstić information content (AvgIpc) is 3.23. The van der Waals surface area contributed by atoms with Gasteiger partial charge in [0, 0.05) is 54.4 Å². The molecule has 28 heavy (non-hydrogen) atoms. The molecule has 4 rings (SSSR count). The minimum atomic E-state index is 0.0413. The highest BCUT2D eigenvalue weighted by Crippen LogP contribution is 2.22. The maximum Gasteiger partial charge on any atom is 0.253 e. The third-order valence-electron chi connectivity index (χ3n) is 4.90. The van der Waals surface area contributed by atoms with Crippen LogP contribution in [0.3, 0.4) is 0 Å². The van der Waals surface area contributed by atoms with Gasteiger partial charge in [-0.05, 0) is 30.3 Å². The average molecular weight is 397 g/mol. The van der Waals surface area contributed by atoms with E-state index in [0.717, 1.165) is 29.4 Å². The second kappa shape index (κ2) is 8.02. The molecule has 0 aliphatic carbocycles. The van der Waals surface area contributed by atoms with Gasteiger partial charge in [-0.3, -0.25) is 4.79 Å². The summed E-state index contributed by atoms with van der Waals surface area (Å²) in [6.45, 7) is 4.89. The van der Waals surface area contributed by atoms with Crippen LogP contribution in [0.25, 0.3) is 11.4 Å². The minimum Gasteiger partial charge on any atom is -0.368 e. The molecule has 0 bridgehead atoms. The molecule has 2 heterocycles. The largest absolute Gasteiger partial charge is 0.368 e. The van der Waals surface area contributed by atoms with Crippen molar-refractivity contribution in [3.05, 3.63) is 65.0 Å². The molecule has 3 aromatic rings. The van der Waals surface area contributed by atoms with Crippen LogP contribution in [0, 0.1) is 0 Å². The number of rotatable bonds is 4. The molecule has 6 nitrogen and oxygen atoms in total. The van der Waals surface area contributed by atoms with Gasteiger partial charge in [0.25, 0.3) is 5.91 Å². The smallest absolute Gasteiger partial charge is 0.253 e. The van der Waals surface area contributed by atoms with E-state index >= 15 is 0 Å². The summed E-state index contributed by atoms with van der Waals surface area (Å²) in [6, 6.07) is 15.2. The Labute approximate surface area is 168 Å². The molecule has 1 aromatic heterocycles. The van der Waals surface area contributed by atoms with Gasteiger partial charge in [-0.1, -0.05) is 41.9 Å². The van der Waals surface area contributed by atoms with E-state index in [9.17, 15) is 4.79 Å². The molecule has 1 saturated heterocycles. The fourth-order valence-electron chi connectivity index (χ4n) is 3.30. The normalized spacial score (nSPS) is 14.4. The topological polar surface area (TPSA) is 62.5 Å². The third kappa shape index (κ3) is 3.87. The van der Waals surface area contributed by atoms with Crippen LogP contribution in [0.2, 0.25) is 5.02 Å². The number of amides is 1. The summed E-state index contributed by atoms with van der Waals surface area (Å²) in [6.07, 6.45) is 0.699. The van der Waals surface area contributed by atoms with E-state index in [1.165, 1.54) is 0 Å². The van der Waals surface area contributed by atoms with Crippen LogP contribution in [0.15, 0.2) is 53.1 Å². The second-order valence-corrected chi connectivity index (χ2v) is 7.14. The Morgan fingerprint density at radius 3 is 2.50 bits per heavy atom. The van der Waals surface area contributed by atoms with E-state index in [4.69, 9.17) is 16.1 Å². The Balaban J connectivity index is 1.40. The van der Waals surface area contributed by atoms with Gasteiger partial charge >= 0.3 is 0 Å². The first-order valence-electron chi connectivity index (χ1n) is 9.37. The number of carbonyl (C=O) groups is 1. The highest BCUT2D eigenvalue weighted by molar-refractivity contribution is 6.30. The van der Waals surface area contributed by atoms with Gasteiger partial charge in [-0.2, -0.15) is 4.98 Å². The lowest BCUT2D eigenvalue weighted by Gasteiger charge is -2.36. The molecule has 0 spiro atoms. The Kier molecular flexibility index (Phi) is 5.30. The second-order valence-electron chi connectivity index (χ2n) is 6.70. The Hall–Kier alpha value is -2.86. The predicted octanol–water partition coefficient (Wildman–Crippen LogP) is 3.91. The molecule has 7 heteroatoms. The standard InChI is InChI=1S/C21H21ClN4O2/c1-2-19-23-20(24-28-19)15-6-8-16(9-7-15)21(27)26-12-10-25(11-13-26)18-5-3-4-17(22)14-18/h3-9,14H,2,10-13H2,1H3. The molecule has 0 radical (unpaired) electrons. The van der Waals surface area contributed by atoms with E-state index in [0.29, 0.717) is 36.8 Å². The molecule has 0 saturated carbocycles. The lowest BCUT2D eigenvalue weighted by atomic mass is 10.1. The van der Waals surface area contributed by atoms with E-state index < -0.39 is 0 Å². The zero-order chi connectivity index (χ0) is 19.5. The number of carbonyl (C=O) groups excluding carboxylic acids is 1. The first-order chi connectivity index (χ1) is 13.6. The number of aromatic nitrogens is 2. The van der Waals surface area contributed by atoms with Crippen molar-refractivity contribution in [3.8, 4) is 11.4 Å². The molecule has 1 aliphatic heterocycles. The maximum absolute atomic E-state index is 12.8. The van der Waals surface area contributed by atoms with Crippen molar-refractivity contribution >= 4 is 23.2 Å². The van der Waals surface area contributed by atoms with Gasteiger partial charge in [-0.25, -0.2) is 0 Å². The number of hydrogen-bond acceptors (Lipinski definition) is 5. The maximum atomic E-state index is 12.8. The van der Waals surface area contributed by atoms with Crippen molar-refractivity contribution in [2.45, 2.75) is 13.3 Å².